The minimum absolute atomic E-state index is 0.00772. The van der Waals surface area contributed by atoms with Crippen molar-refractivity contribution >= 4 is 5.97 Å². The van der Waals surface area contributed by atoms with E-state index in [1.807, 2.05) is 0 Å². The van der Waals surface area contributed by atoms with Crippen molar-refractivity contribution in [2.24, 2.45) is 46.3 Å². The Kier molecular flexibility index (Phi) is 7.72. The van der Waals surface area contributed by atoms with Gasteiger partial charge in [-0.05, 0) is 97.7 Å². The molecule has 0 heterocycles. The minimum atomic E-state index is 0.00772. The molecular weight excluding hydrogens is 404 g/mol. The number of carbonyl (C=O) groups excluding carboxylic acids is 1. The van der Waals surface area contributed by atoms with Crippen molar-refractivity contribution in [3.63, 3.8) is 0 Å². The third-order valence-corrected chi connectivity index (χ3v) is 11.0. The Labute approximate surface area is 204 Å². The summed E-state index contributed by atoms with van der Waals surface area (Å²) in [5.41, 5.74) is 2.54. The van der Waals surface area contributed by atoms with Crippen molar-refractivity contribution in [1.29, 1.82) is 0 Å². The second-order valence-electron chi connectivity index (χ2n) is 13.4. The third-order valence-electron chi connectivity index (χ3n) is 11.0. The van der Waals surface area contributed by atoms with Crippen molar-refractivity contribution in [2.75, 3.05) is 0 Å². The molecule has 4 aliphatic carbocycles. The molecule has 0 bridgehead atoms. The smallest absolute Gasteiger partial charge is 0.306 e. The lowest BCUT2D eigenvalue weighted by molar-refractivity contribution is -0.151. The molecule has 0 aromatic carbocycles. The molecular formula is C31H52O2. The van der Waals surface area contributed by atoms with Gasteiger partial charge >= 0.3 is 5.97 Å². The number of carbonyl (C=O) groups is 1. The average Bonchev–Trinajstić information content (AvgIpc) is 3.11. The summed E-state index contributed by atoms with van der Waals surface area (Å²) in [6, 6.07) is 0. The Balaban J connectivity index is 1.43. The van der Waals surface area contributed by atoms with Crippen LogP contribution in [0, 0.1) is 46.3 Å². The summed E-state index contributed by atoms with van der Waals surface area (Å²) in [7, 11) is 0. The highest BCUT2D eigenvalue weighted by Gasteiger charge is 2.59. The van der Waals surface area contributed by atoms with Gasteiger partial charge in [-0.2, -0.15) is 0 Å². The Morgan fingerprint density at radius 2 is 1.85 bits per heavy atom. The van der Waals surface area contributed by atoms with Crippen LogP contribution in [0.2, 0.25) is 0 Å². The maximum atomic E-state index is 12.1. The van der Waals surface area contributed by atoms with Gasteiger partial charge in [0.1, 0.15) is 6.10 Å². The molecule has 0 amide bonds. The summed E-state index contributed by atoms with van der Waals surface area (Å²) >= 11 is 0. The Morgan fingerprint density at radius 1 is 1.06 bits per heavy atom. The first kappa shape index (κ1) is 25.3. The largest absolute Gasteiger partial charge is 0.462 e. The van der Waals surface area contributed by atoms with Crippen LogP contribution in [-0.4, -0.2) is 12.1 Å². The SMILES string of the molecule is CCCC(=O)OC1CC[C@@]2(C)C(=CCC3C4CCC(C(C)CCCC(C)C)[C@@]4(C)CCC32)C1. The third kappa shape index (κ3) is 4.84. The van der Waals surface area contributed by atoms with E-state index in [1.54, 1.807) is 5.57 Å². The lowest BCUT2D eigenvalue weighted by Gasteiger charge is -2.58. The number of hydrogen-bond donors (Lipinski definition) is 0. The van der Waals surface area contributed by atoms with Crippen LogP contribution in [0.5, 0.6) is 0 Å². The van der Waals surface area contributed by atoms with Gasteiger partial charge in [-0.25, -0.2) is 0 Å². The first-order chi connectivity index (χ1) is 15.7. The molecule has 0 saturated heterocycles. The highest BCUT2D eigenvalue weighted by Crippen LogP contribution is 2.67. The zero-order valence-electron chi connectivity index (χ0n) is 22.6. The van der Waals surface area contributed by atoms with Crippen LogP contribution in [0.4, 0.5) is 0 Å². The second kappa shape index (κ2) is 10.1. The molecule has 3 saturated carbocycles. The second-order valence-corrected chi connectivity index (χ2v) is 13.4. The standard InChI is InChI=1S/C31H52O2/c1-7-9-29(32)33-24-16-18-30(5)23(20-24)12-13-25-27-15-14-26(22(4)11-8-10-21(2)3)31(27,6)19-17-28(25)30/h12,21-22,24-28H,7-11,13-20H2,1-6H3/t22?,24?,25?,26?,27?,28?,30-,31+/m0/s1. The zero-order chi connectivity index (χ0) is 23.8. The van der Waals surface area contributed by atoms with Gasteiger partial charge in [0.2, 0.25) is 0 Å². The molecule has 188 valence electrons. The zero-order valence-corrected chi connectivity index (χ0v) is 22.6. The molecule has 0 aliphatic heterocycles. The molecule has 0 N–H and O–H groups in total. The summed E-state index contributed by atoms with van der Waals surface area (Å²) < 4.78 is 5.85. The predicted molar refractivity (Wildman–Crippen MR) is 138 cm³/mol. The number of rotatable bonds is 8. The highest BCUT2D eigenvalue weighted by molar-refractivity contribution is 5.69. The van der Waals surface area contributed by atoms with Crippen molar-refractivity contribution < 1.29 is 9.53 Å². The number of fused-ring (bicyclic) bond motifs is 5. The molecule has 0 spiro atoms. The van der Waals surface area contributed by atoms with E-state index in [2.05, 4.69) is 47.6 Å². The first-order valence-electron chi connectivity index (χ1n) is 14.6. The average molecular weight is 457 g/mol. The molecule has 0 aromatic rings. The van der Waals surface area contributed by atoms with Gasteiger partial charge in [0, 0.05) is 12.8 Å². The van der Waals surface area contributed by atoms with Gasteiger partial charge < -0.3 is 4.74 Å². The highest BCUT2D eigenvalue weighted by atomic mass is 16.5. The number of allylic oxidation sites excluding steroid dienone is 1. The van der Waals surface area contributed by atoms with E-state index in [0.29, 0.717) is 17.3 Å². The first-order valence-corrected chi connectivity index (χ1v) is 14.6. The Morgan fingerprint density at radius 3 is 2.58 bits per heavy atom. The van der Waals surface area contributed by atoms with E-state index in [0.717, 1.165) is 54.8 Å². The molecule has 4 rings (SSSR count). The molecule has 0 aromatic heterocycles. The van der Waals surface area contributed by atoms with Crippen LogP contribution in [0.25, 0.3) is 0 Å². The summed E-state index contributed by atoms with van der Waals surface area (Å²) in [5, 5.41) is 0. The van der Waals surface area contributed by atoms with Gasteiger partial charge in [0.15, 0.2) is 0 Å². The van der Waals surface area contributed by atoms with E-state index in [1.165, 1.54) is 57.8 Å². The van der Waals surface area contributed by atoms with Crippen molar-refractivity contribution in [3.05, 3.63) is 11.6 Å². The van der Waals surface area contributed by atoms with Crippen LogP contribution in [0.1, 0.15) is 125 Å². The monoisotopic (exact) mass is 456 g/mol. The van der Waals surface area contributed by atoms with Crippen molar-refractivity contribution in [3.8, 4) is 0 Å². The fourth-order valence-electron chi connectivity index (χ4n) is 9.20. The Bertz CT molecular complexity index is 722. The molecule has 33 heavy (non-hydrogen) atoms. The quantitative estimate of drug-likeness (QED) is 0.269. The fourth-order valence-corrected chi connectivity index (χ4v) is 9.20. The molecule has 0 radical (unpaired) electrons. The summed E-state index contributed by atoms with van der Waals surface area (Å²) in [5.74, 6) is 5.31. The molecule has 3 fully saturated rings. The molecule has 2 nitrogen and oxygen atoms in total. The van der Waals surface area contributed by atoms with E-state index < -0.39 is 0 Å². The summed E-state index contributed by atoms with van der Waals surface area (Å²) in [6.07, 6.45) is 18.8. The van der Waals surface area contributed by atoms with E-state index in [9.17, 15) is 4.79 Å². The molecule has 4 aliphatic rings. The number of esters is 1. The van der Waals surface area contributed by atoms with Crippen LogP contribution in [0.3, 0.4) is 0 Å². The van der Waals surface area contributed by atoms with Crippen LogP contribution in [-0.2, 0) is 9.53 Å². The van der Waals surface area contributed by atoms with Gasteiger partial charge in [-0.15, -0.1) is 0 Å². The van der Waals surface area contributed by atoms with Gasteiger partial charge in [0.25, 0.3) is 0 Å². The number of ether oxygens (including phenoxy) is 1. The van der Waals surface area contributed by atoms with E-state index in [-0.39, 0.29) is 12.1 Å². The van der Waals surface area contributed by atoms with E-state index >= 15 is 0 Å². The Hall–Kier alpha value is -0.790. The van der Waals surface area contributed by atoms with Crippen molar-refractivity contribution in [1.82, 2.24) is 0 Å². The molecule has 6 unspecified atom stereocenters. The van der Waals surface area contributed by atoms with Gasteiger partial charge in [0.05, 0.1) is 0 Å². The number of hydrogen-bond acceptors (Lipinski definition) is 2. The summed E-state index contributed by atoms with van der Waals surface area (Å²) in [6.45, 7) is 14.6. The lowest BCUT2D eigenvalue weighted by atomic mass is 9.47. The minimum Gasteiger partial charge on any atom is -0.462 e. The van der Waals surface area contributed by atoms with Gasteiger partial charge in [-0.1, -0.05) is 72.5 Å². The van der Waals surface area contributed by atoms with Crippen LogP contribution >= 0.6 is 0 Å². The fraction of sp³-hybridized carbons (Fsp3) is 0.903. The van der Waals surface area contributed by atoms with Gasteiger partial charge in [-0.3, -0.25) is 4.79 Å². The maximum Gasteiger partial charge on any atom is 0.306 e. The molecule has 2 heteroatoms. The van der Waals surface area contributed by atoms with Crippen LogP contribution in [0.15, 0.2) is 11.6 Å². The summed E-state index contributed by atoms with van der Waals surface area (Å²) in [4.78, 5) is 12.1. The van der Waals surface area contributed by atoms with Crippen LogP contribution < -0.4 is 0 Å². The predicted octanol–water partition coefficient (Wildman–Crippen LogP) is 8.74. The van der Waals surface area contributed by atoms with Crippen molar-refractivity contribution in [2.45, 2.75) is 131 Å². The van der Waals surface area contributed by atoms with E-state index in [4.69, 9.17) is 4.74 Å². The maximum absolute atomic E-state index is 12.1. The normalized spacial score (nSPS) is 41.1. The molecule has 8 atom stereocenters. The topological polar surface area (TPSA) is 26.3 Å². The lowest BCUT2D eigenvalue weighted by Crippen LogP contribution is -2.51.